The van der Waals surface area contributed by atoms with Crippen LogP contribution < -0.4 is 11.1 Å². The Kier molecular flexibility index (Phi) is 4.61. The summed E-state index contributed by atoms with van der Waals surface area (Å²) in [4.78, 5) is 52.2. The Labute approximate surface area is 191 Å². The van der Waals surface area contributed by atoms with Crippen LogP contribution in [0.5, 0.6) is 11.5 Å². The van der Waals surface area contributed by atoms with Crippen LogP contribution in [0.1, 0.15) is 11.1 Å². The first-order valence-electron chi connectivity index (χ1n) is 10.4. The normalized spacial score (nSPS) is 13.9. The molecule has 1 aliphatic carbocycles. The van der Waals surface area contributed by atoms with Crippen LogP contribution in [0, 0.1) is 0 Å². The van der Waals surface area contributed by atoms with Gasteiger partial charge in [0.05, 0.1) is 22.2 Å². The van der Waals surface area contributed by atoms with Crippen molar-refractivity contribution in [2.75, 3.05) is 0 Å². The molecule has 0 radical (unpaired) electrons. The number of rotatable bonds is 2. The van der Waals surface area contributed by atoms with Crippen molar-refractivity contribution in [2.45, 2.75) is 0 Å². The smallest absolute Gasteiger partial charge is 0.262 e. The molecule has 0 unspecified atom stereocenters. The van der Waals surface area contributed by atoms with Crippen LogP contribution in [-0.4, -0.2) is 30.9 Å². The Morgan fingerprint density at radius 3 is 1.32 bits per heavy atom. The number of aromatic hydroxyl groups is 2. The van der Waals surface area contributed by atoms with Gasteiger partial charge in [-0.05, 0) is 36.4 Å². The maximum absolute atomic E-state index is 13.1. The largest absolute Gasteiger partial charge is 0.506 e. The zero-order valence-corrected chi connectivity index (χ0v) is 18.2. The minimum absolute atomic E-state index is 0.283. The van der Waals surface area contributed by atoms with E-state index in [0.29, 0.717) is 21.8 Å². The summed E-state index contributed by atoms with van der Waals surface area (Å²) in [6.07, 6.45) is 1.86. The van der Waals surface area contributed by atoms with E-state index in [1.54, 1.807) is 48.5 Å². The minimum atomic E-state index is -0.744. The van der Waals surface area contributed by atoms with Crippen molar-refractivity contribution < 1.29 is 19.8 Å². The third-order valence-electron chi connectivity index (χ3n) is 6.17. The second kappa shape index (κ2) is 7.41. The number of hydrogen-bond acceptors (Lipinski definition) is 6. The molecule has 2 N–H and O–H groups in total. The zero-order chi connectivity index (χ0) is 24.3. The number of benzene rings is 2. The lowest BCUT2D eigenvalue weighted by atomic mass is 9.88. The van der Waals surface area contributed by atoms with Crippen LogP contribution in [0.15, 0.2) is 70.3 Å². The molecule has 8 heteroatoms. The number of para-hydroxylation sites is 2. The third kappa shape index (κ3) is 2.85. The van der Waals surface area contributed by atoms with Crippen LogP contribution in [0.2, 0.25) is 0 Å². The van der Waals surface area contributed by atoms with E-state index in [9.17, 15) is 29.4 Å². The number of ketones is 2. The number of carbonyl (C=O) groups excluding carboxylic acids is 2. The Bertz CT molecular complexity index is 1640. The van der Waals surface area contributed by atoms with E-state index in [0.717, 1.165) is 12.2 Å². The molecule has 0 saturated heterocycles. The van der Waals surface area contributed by atoms with Crippen molar-refractivity contribution in [1.82, 2.24) is 9.13 Å². The summed E-state index contributed by atoms with van der Waals surface area (Å²) in [5.74, 6) is -2.31. The SMILES string of the molecule is Cn1c(=O)c(C2=CC(=O)C(c3c(O)c4ccccc4n(C)c3=O)=CC2=O)c(O)c2ccccc21. The van der Waals surface area contributed by atoms with Gasteiger partial charge < -0.3 is 19.3 Å². The molecular weight excluding hydrogens is 436 g/mol. The van der Waals surface area contributed by atoms with Gasteiger partial charge in [-0.3, -0.25) is 19.2 Å². The van der Waals surface area contributed by atoms with Crippen molar-refractivity contribution >= 4 is 44.5 Å². The fourth-order valence-corrected chi connectivity index (χ4v) is 4.40. The Morgan fingerprint density at radius 2 is 0.941 bits per heavy atom. The van der Waals surface area contributed by atoms with E-state index >= 15 is 0 Å². The van der Waals surface area contributed by atoms with Gasteiger partial charge in [0.25, 0.3) is 11.1 Å². The first-order chi connectivity index (χ1) is 16.2. The summed E-state index contributed by atoms with van der Waals surface area (Å²) in [6.45, 7) is 0. The van der Waals surface area contributed by atoms with Crippen LogP contribution >= 0.6 is 0 Å². The van der Waals surface area contributed by atoms with Crippen LogP contribution in [0.3, 0.4) is 0 Å². The Balaban J connectivity index is 1.71. The van der Waals surface area contributed by atoms with E-state index in [-0.39, 0.29) is 22.3 Å². The van der Waals surface area contributed by atoms with Gasteiger partial charge in [-0.25, -0.2) is 0 Å². The molecule has 0 saturated carbocycles. The summed E-state index contributed by atoms with van der Waals surface area (Å²) in [5, 5.41) is 22.3. The molecule has 2 aromatic heterocycles. The topological polar surface area (TPSA) is 119 Å². The number of aromatic nitrogens is 2. The van der Waals surface area contributed by atoms with Gasteiger partial charge in [-0.15, -0.1) is 0 Å². The van der Waals surface area contributed by atoms with Crippen molar-refractivity contribution in [3.05, 3.63) is 92.5 Å². The van der Waals surface area contributed by atoms with Gasteiger partial charge in [0, 0.05) is 36.0 Å². The highest BCUT2D eigenvalue weighted by Crippen LogP contribution is 2.36. The maximum atomic E-state index is 13.1. The monoisotopic (exact) mass is 454 g/mol. The van der Waals surface area contributed by atoms with E-state index in [1.165, 1.54) is 23.2 Å². The van der Waals surface area contributed by atoms with Gasteiger partial charge in [0.1, 0.15) is 11.5 Å². The second-order valence-electron chi connectivity index (χ2n) is 8.05. The van der Waals surface area contributed by atoms with E-state index in [4.69, 9.17) is 0 Å². The van der Waals surface area contributed by atoms with E-state index in [1.807, 2.05) is 0 Å². The Morgan fingerprint density at radius 1 is 0.588 bits per heavy atom. The van der Waals surface area contributed by atoms with Crippen LogP contribution in [-0.2, 0) is 23.7 Å². The highest BCUT2D eigenvalue weighted by Gasteiger charge is 2.30. The maximum Gasteiger partial charge on any atom is 0.262 e. The molecule has 5 rings (SSSR count). The average molecular weight is 454 g/mol. The van der Waals surface area contributed by atoms with E-state index < -0.39 is 34.2 Å². The number of hydrogen-bond donors (Lipinski definition) is 2. The molecule has 34 heavy (non-hydrogen) atoms. The van der Waals surface area contributed by atoms with Crippen molar-refractivity contribution in [1.29, 1.82) is 0 Å². The molecule has 1 aliphatic rings. The fourth-order valence-electron chi connectivity index (χ4n) is 4.40. The predicted molar refractivity (Wildman–Crippen MR) is 128 cm³/mol. The molecule has 0 atom stereocenters. The lowest BCUT2D eigenvalue weighted by Gasteiger charge is -2.17. The minimum Gasteiger partial charge on any atom is -0.506 e. The molecule has 168 valence electrons. The summed E-state index contributed by atoms with van der Waals surface area (Å²) in [6, 6.07) is 13.3. The van der Waals surface area contributed by atoms with Crippen molar-refractivity contribution in [3.63, 3.8) is 0 Å². The standard InChI is InChI=1S/C26H18N2O6/c1-27-17-9-5-3-7-13(17)23(31)21(25(27)33)15-11-20(30)16(12-19(15)29)22-24(32)14-8-4-6-10-18(14)28(2)26(22)34/h3-12,31-32H,1-2H3. The lowest BCUT2D eigenvalue weighted by molar-refractivity contribution is -0.112. The molecule has 4 aromatic rings. The lowest BCUT2D eigenvalue weighted by Crippen LogP contribution is -2.26. The van der Waals surface area contributed by atoms with Crippen LogP contribution in [0.4, 0.5) is 0 Å². The number of fused-ring (bicyclic) bond motifs is 2. The predicted octanol–water partition coefficient (Wildman–Crippen LogP) is 2.42. The molecule has 8 nitrogen and oxygen atoms in total. The quantitative estimate of drug-likeness (QED) is 0.449. The second-order valence-corrected chi connectivity index (χ2v) is 8.05. The zero-order valence-electron chi connectivity index (χ0n) is 18.2. The van der Waals surface area contributed by atoms with Gasteiger partial charge in [-0.1, -0.05) is 24.3 Å². The van der Waals surface area contributed by atoms with Gasteiger partial charge in [-0.2, -0.15) is 0 Å². The van der Waals surface area contributed by atoms with Gasteiger partial charge in [0.2, 0.25) is 0 Å². The molecule has 0 spiro atoms. The highest BCUT2D eigenvalue weighted by atomic mass is 16.3. The number of carbonyl (C=O) groups is 2. The van der Waals surface area contributed by atoms with Crippen molar-refractivity contribution in [3.8, 4) is 11.5 Å². The number of pyridine rings is 2. The van der Waals surface area contributed by atoms with Gasteiger partial charge in [0.15, 0.2) is 11.6 Å². The molecule has 0 bridgehead atoms. The first kappa shape index (κ1) is 21.1. The Hall–Kier alpha value is -4.72. The molecular formula is C26H18N2O6. The summed E-state index contributed by atoms with van der Waals surface area (Å²) >= 11 is 0. The summed E-state index contributed by atoms with van der Waals surface area (Å²) in [5.41, 5.74) is -1.54. The number of aryl methyl sites for hydroxylation is 2. The fraction of sp³-hybridized carbons (Fsp3) is 0.0769. The molecule has 0 amide bonds. The third-order valence-corrected chi connectivity index (χ3v) is 6.17. The molecule has 0 fully saturated rings. The van der Waals surface area contributed by atoms with Gasteiger partial charge >= 0.3 is 0 Å². The summed E-state index contributed by atoms with van der Waals surface area (Å²) < 4.78 is 2.57. The average Bonchev–Trinajstić information content (AvgIpc) is 2.84. The molecule has 2 heterocycles. The number of nitrogens with zero attached hydrogens (tertiary/aromatic N) is 2. The van der Waals surface area contributed by atoms with Crippen LogP contribution in [0.25, 0.3) is 33.0 Å². The molecule has 0 aliphatic heterocycles. The highest BCUT2D eigenvalue weighted by molar-refractivity contribution is 6.44. The summed E-state index contributed by atoms with van der Waals surface area (Å²) in [7, 11) is 3.00. The molecule has 2 aromatic carbocycles. The van der Waals surface area contributed by atoms with Crippen molar-refractivity contribution in [2.24, 2.45) is 14.1 Å². The van der Waals surface area contributed by atoms with E-state index in [2.05, 4.69) is 0 Å². The first-order valence-corrected chi connectivity index (χ1v) is 10.4. The number of allylic oxidation sites excluding steroid dienone is 4.